The summed E-state index contributed by atoms with van der Waals surface area (Å²) in [7, 11) is 0. The number of carboxylic acid groups (broad SMARTS) is 1. The Hall–Kier alpha value is -2.36. The minimum absolute atomic E-state index is 0.0155. The molecule has 4 heteroatoms. The van der Waals surface area contributed by atoms with E-state index < -0.39 is 5.97 Å². The molecule has 0 aliphatic carbocycles. The van der Waals surface area contributed by atoms with E-state index in [1.807, 2.05) is 19.1 Å². The standard InChI is InChI=1S/C14H13NO3/c1-10-4-3-7-15-14(10)18-12-6-2-5-11(8-12)9-13(16)17/h2-8H,9H2,1H3,(H,16,17). The van der Waals surface area contributed by atoms with Crippen molar-refractivity contribution in [2.45, 2.75) is 13.3 Å². The summed E-state index contributed by atoms with van der Waals surface area (Å²) in [4.78, 5) is 14.8. The molecule has 0 saturated carbocycles. The van der Waals surface area contributed by atoms with E-state index in [9.17, 15) is 4.79 Å². The first-order valence-corrected chi connectivity index (χ1v) is 5.55. The summed E-state index contributed by atoms with van der Waals surface area (Å²) in [6.45, 7) is 1.91. The first kappa shape index (κ1) is 12.1. The van der Waals surface area contributed by atoms with Crippen LogP contribution in [0.2, 0.25) is 0 Å². The maximum Gasteiger partial charge on any atom is 0.307 e. The van der Waals surface area contributed by atoms with Crippen LogP contribution in [0.3, 0.4) is 0 Å². The van der Waals surface area contributed by atoms with Crippen molar-refractivity contribution in [3.8, 4) is 11.6 Å². The van der Waals surface area contributed by atoms with E-state index in [2.05, 4.69) is 4.98 Å². The van der Waals surface area contributed by atoms with Gasteiger partial charge in [0.15, 0.2) is 0 Å². The molecular formula is C14H13NO3. The molecule has 0 aliphatic rings. The van der Waals surface area contributed by atoms with E-state index >= 15 is 0 Å². The topological polar surface area (TPSA) is 59.4 Å². The third-order valence-electron chi connectivity index (χ3n) is 2.43. The summed E-state index contributed by atoms with van der Waals surface area (Å²) in [5.41, 5.74) is 1.63. The summed E-state index contributed by atoms with van der Waals surface area (Å²) in [5, 5.41) is 8.74. The summed E-state index contributed by atoms with van der Waals surface area (Å²) in [6, 6.07) is 10.8. The van der Waals surface area contributed by atoms with Gasteiger partial charge in [0.05, 0.1) is 6.42 Å². The predicted octanol–water partition coefficient (Wildman–Crippen LogP) is 2.81. The van der Waals surface area contributed by atoms with Crippen LogP contribution in [0, 0.1) is 6.92 Å². The van der Waals surface area contributed by atoms with E-state index in [0.717, 1.165) is 5.56 Å². The van der Waals surface area contributed by atoms with Crippen molar-refractivity contribution in [3.05, 3.63) is 53.7 Å². The van der Waals surface area contributed by atoms with Gasteiger partial charge in [0.2, 0.25) is 5.88 Å². The Morgan fingerprint density at radius 2 is 2.17 bits per heavy atom. The fourth-order valence-corrected chi connectivity index (χ4v) is 1.58. The first-order valence-electron chi connectivity index (χ1n) is 5.55. The zero-order valence-corrected chi connectivity index (χ0v) is 9.96. The Morgan fingerprint density at radius 1 is 1.33 bits per heavy atom. The van der Waals surface area contributed by atoms with Crippen molar-refractivity contribution < 1.29 is 14.6 Å². The number of hydrogen-bond donors (Lipinski definition) is 1. The van der Waals surface area contributed by atoms with Gasteiger partial charge < -0.3 is 9.84 Å². The number of benzene rings is 1. The molecule has 0 aliphatic heterocycles. The second-order valence-corrected chi connectivity index (χ2v) is 3.95. The van der Waals surface area contributed by atoms with Gasteiger partial charge in [0.1, 0.15) is 5.75 Å². The highest BCUT2D eigenvalue weighted by molar-refractivity contribution is 5.70. The van der Waals surface area contributed by atoms with E-state index in [4.69, 9.17) is 9.84 Å². The van der Waals surface area contributed by atoms with Gasteiger partial charge in [0.25, 0.3) is 0 Å². The number of aliphatic carboxylic acids is 1. The van der Waals surface area contributed by atoms with Gasteiger partial charge in [-0.25, -0.2) is 4.98 Å². The van der Waals surface area contributed by atoms with E-state index in [1.54, 1.807) is 30.5 Å². The van der Waals surface area contributed by atoms with Crippen molar-refractivity contribution in [1.29, 1.82) is 0 Å². The molecule has 1 aromatic heterocycles. The van der Waals surface area contributed by atoms with Crippen LogP contribution in [0.25, 0.3) is 0 Å². The third kappa shape index (κ3) is 3.07. The number of ether oxygens (including phenoxy) is 1. The second kappa shape index (κ2) is 5.31. The maximum atomic E-state index is 10.6. The molecule has 2 rings (SSSR count). The minimum atomic E-state index is -0.860. The summed E-state index contributed by atoms with van der Waals surface area (Å²) < 4.78 is 5.63. The SMILES string of the molecule is Cc1cccnc1Oc1cccc(CC(=O)O)c1. The summed E-state index contributed by atoms with van der Waals surface area (Å²) in [6.07, 6.45) is 1.64. The number of hydrogen-bond acceptors (Lipinski definition) is 3. The fraction of sp³-hybridized carbons (Fsp3) is 0.143. The van der Waals surface area contributed by atoms with Crippen LogP contribution in [-0.4, -0.2) is 16.1 Å². The molecule has 1 heterocycles. The zero-order chi connectivity index (χ0) is 13.0. The molecule has 2 aromatic rings. The minimum Gasteiger partial charge on any atom is -0.481 e. The molecule has 18 heavy (non-hydrogen) atoms. The number of aryl methyl sites for hydroxylation is 1. The molecule has 0 amide bonds. The number of pyridine rings is 1. The zero-order valence-electron chi connectivity index (χ0n) is 9.96. The van der Waals surface area contributed by atoms with Gasteiger partial charge in [-0.1, -0.05) is 18.2 Å². The lowest BCUT2D eigenvalue weighted by Crippen LogP contribution is -2.00. The number of nitrogens with zero attached hydrogens (tertiary/aromatic N) is 1. The molecular weight excluding hydrogens is 230 g/mol. The average Bonchev–Trinajstić information content (AvgIpc) is 2.32. The Morgan fingerprint density at radius 3 is 2.89 bits per heavy atom. The molecule has 4 nitrogen and oxygen atoms in total. The van der Waals surface area contributed by atoms with Gasteiger partial charge in [-0.05, 0) is 30.7 Å². The average molecular weight is 243 g/mol. The first-order chi connectivity index (χ1) is 8.65. The largest absolute Gasteiger partial charge is 0.481 e. The van der Waals surface area contributed by atoms with Gasteiger partial charge >= 0.3 is 5.97 Å². The van der Waals surface area contributed by atoms with E-state index in [0.29, 0.717) is 17.2 Å². The second-order valence-electron chi connectivity index (χ2n) is 3.95. The van der Waals surface area contributed by atoms with Crippen molar-refractivity contribution in [2.75, 3.05) is 0 Å². The van der Waals surface area contributed by atoms with Gasteiger partial charge in [-0.3, -0.25) is 4.79 Å². The Bertz CT molecular complexity index is 566. The third-order valence-corrected chi connectivity index (χ3v) is 2.43. The van der Waals surface area contributed by atoms with Crippen LogP contribution >= 0.6 is 0 Å². The van der Waals surface area contributed by atoms with E-state index in [1.165, 1.54) is 0 Å². The Kier molecular flexibility index (Phi) is 3.57. The maximum absolute atomic E-state index is 10.6. The number of aromatic nitrogens is 1. The lowest BCUT2D eigenvalue weighted by Gasteiger charge is -2.07. The van der Waals surface area contributed by atoms with Gasteiger partial charge in [-0.15, -0.1) is 0 Å². The predicted molar refractivity (Wildman–Crippen MR) is 66.8 cm³/mol. The van der Waals surface area contributed by atoms with Crippen LogP contribution in [0.1, 0.15) is 11.1 Å². The Balaban J connectivity index is 2.19. The highest BCUT2D eigenvalue weighted by Crippen LogP contribution is 2.23. The quantitative estimate of drug-likeness (QED) is 0.897. The van der Waals surface area contributed by atoms with Gasteiger partial charge in [0, 0.05) is 11.8 Å². The highest BCUT2D eigenvalue weighted by atomic mass is 16.5. The molecule has 0 spiro atoms. The van der Waals surface area contributed by atoms with Gasteiger partial charge in [-0.2, -0.15) is 0 Å². The van der Waals surface area contributed by atoms with Crippen LogP contribution in [-0.2, 0) is 11.2 Å². The molecule has 0 bridgehead atoms. The molecule has 92 valence electrons. The van der Waals surface area contributed by atoms with Crippen molar-refractivity contribution >= 4 is 5.97 Å². The van der Waals surface area contributed by atoms with Crippen LogP contribution in [0.15, 0.2) is 42.6 Å². The van der Waals surface area contributed by atoms with Crippen LogP contribution in [0.4, 0.5) is 0 Å². The molecule has 1 aromatic carbocycles. The lowest BCUT2D eigenvalue weighted by atomic mass is 10.1. The lowest BCUT2D eigenvalue weighted by molar-refractivity contribution is -0.136. The van der Waals surface area contributed by atoms with Crippen molar-refractivity contribution in [3.63, 3.8) is 0 Å². The fourth-order valence-electron chi connectivity index (χ4n) is 1.58. The summed E-state index contributed by atoms with van der Waals surface area (Å²) >= 11 is 0. The number of carboxylic acids is 1. The van der Waals surface area contributed by atoms with Crippen LogP contribution < -0.4 is 4.74 Å². The molecule has 0 radical (unpaired) electrons. The number of rotatable bonds is 4. The number of carbonyl (C=O) groups is 1. The summed E-state index contributed by atoms with van der Waals surface area (Å²) in [5.74, 6) is 0.265. The molecule has 1 N–H and O–H groups in total. The smallest absolute Gasteiger partial charge is 0.307 e. The molecule has 0 fully saturated rings. The molecule has 0 unspecified atom stereocenters. The monoisotopic (exact) mass is 243 g/mol. The van der Waals surface area contributed by atoms with Crippen LogP contribution in [0.5, 0.6) is 11.6 Å². The Labute approximate surface area is 105 Å². The normalized spacial score (nSPS) is 10.1. The molecule has 0 atom stereocenters. The highest BCUT2D eigenvalue weighted by Gasteiger charge is 2.05. The molecule has 0 saturated heterocycles. The van der Waals surface area contributed by atoms with E-state index in [-0.39, 0.29) is 6.42 Å². The van der Waals surface area contributed by atoms with Crippen molar-refractivity contribution in [2.24, 2.45) is 0 Å². The van der Waals surface area contributed by atoms with Crippen molar-refractivity contribution in [1.82, 2.24) is 4.98 Å².